The minimum atomic E-state index is -4.66. The molecular formula is C12H13F3N2O2S. The lowest BCUT2D eigenvalue weighted by Gasteiger charge is -2.19. The van der Waals surface area contributed by atoms with E-state index in [0.29, 0.717) is 0 Å². The monoisotopic (exact) mass is 306 g/mol. The van der Waals surface area contributed by atoms with Crippen molar-refractivity contribution in [2.75, 3.05) is 0 Å². The van der Waals surface area contributed by atoms with Gasteiger partial charge in [-0.15, -0.1) is 0 Å². The van der Waals surface area contributed by atoms with E-state index in [1.807, 2.05) is 0 Å². The first kappa shape index (κ1) is 16.2. The van der Waals surface area contributed by atoms with E-state index in [4.69, 9.17) is 16.2 Å². The topological polar surface area (TPSA) is 78.3 Å². The van der Waals surface area contributed by atoms with Crippen LogP contribution < -0.4 is 16.2 Å². The molecule has 1 rings (SSSR count). The van der Waals surface area contributed by atoms with Gasteiger partial charge in [-0.3, -0.25) is 4.79 Å². The van der Waals surface area contributed by atoms with Gasteiger partial charge in [-0.1, -0.05) is 19.1 Å². The molecule has 0 saturated heterocycles. The molecule has 0 heterocycles. The van der Waals surface area contributed by atoms with Gasteiger partial charge >= 0.3 is 6.18 Å². The zero-order valence-electron chi connectivity index (χ0n) is 10.5. The highest BCUT2D eigenvalue weighted by Gasteiger charge is 2.35. The Bertz CT molecular complexity index is 532. The number of nitrogens with two attached hydrogens (primary N) is 2. The summed E-state index contributed by atoms with van der Waals surface area (Å²) in [4.78, 5) is 10.9. The number of hydrogen-bond acceptors (Lipinski definition) is 3. The number of thiocarbonyl (C=S) groups is 1. The van der Waals surface area contributed by atoms with Crippen LogP contribution in [0.5, 0.6) is 5.75 Å². The molecular weight excluding hydrogens is 293 g/mol. The lowest BCUT2D eigenvalue weighted by molar-refractivity contribution is -0.140. The van der Waals surface area contributed by atoms with Gasteiger partial charge < -0.3 is 16.2 Å². The van der Waals surface area contributed by atoms with Crippen molar-refractivity contribution >= 4 is 23.1 Å². The Kier molecular flexibility index (Phi) is 4.93. The van der Waals surface area contributed by atoms with Crippen LogP contribution in [-0.2, 0) is 11.0 Å². The summed E-state index contributed by atoms with van der Waals surface area (Å²) in [6.45, 7) is 1.58. The number of amides is 1. The molecule has 0 aliphatic carbocycles. The first-order valence-electron chi connectivity index (χ1n) is 5.63. The van der Waals surface area contributed by atoms with Crippen LogP contribution in [0.2, 0.25) is 0 Å². The van der Waals surface area contributed by atoms with Gasteiger partial charge in [0.05, 0.1) is 5.56 Å². The third kappa shape index (κ3) is 3.83. The maximum atomic E-state index is 13.0. The van der Waals surface area contributed by atoms with Crippen LogP contribution >= 0.6 is 12.2 Å². The van der Waals surface area contributed by atoms with Crippen molar-refractivity contribution in [1.29, 1.82) is 0 Å². The average molecular weight is 306 g/mol. The third-order valence-electron chi connectivity index (χ3n) is 2.53. The summed E-state index contributed by atoms with van der Waals surface area (Å²) in [7, 11) is 0. The van der Waals surface area contributed by atoms with Crippen molar-refractivity contribution in [3.63, 3.8) is 0 Å². The van der Waals surface area contributed by atoms with Gasteiger partial charge in [-0.05, 0) is 24.6 Å². The highest BCUT2D eigenvalue weighted by molar-refractivity contribution is 7.80. The summed E-state index contributed by atoms with van der Waals surface area (Å²) in [6.07, 6.45) is -5.64. The molecule has 110 valence electrons. The van der Waals surface area contributed by atoms with Crippen LogP contribution in [0.25, 0.3) is 0 Å². The third-order valence-corrected chi connectivity index (χ3v) is 2.76. The minimum Gasteiger partial charge on any atom is -0.480 e. The number of primary amides is 1. The molecule has 1 aromatic carbocycles. The molecule has 4 nitrogen and oxygen atoms in total. The lowest BCUT2D eigenvalue weighted by atomic mass is 10.1. The second-order valence-corrected chi connectivity index (χ2v) is 4.43. The van der Waals surface area contributed by atoms with Crippen molar-refractivity contribution < 1.29 is 22.7 Å². The van der Waals surface area contributed by atoms with Crippen LogP contribution in [0.4, 0.5) is 13.2 Å². The molecule has 8 heteroatoms. The second-order valence-electron chi connectivity index (χ2n) is 3.99. The van der Waals surface area contributed by atoms with E-state index in [9.17, 15) is 18.0 Å². The summed E-state index contributed by atoms with van der Waals surface area (Å²) >= 11 is 4.64. The van der Waals surface area contributed by atoms with E-state index in [-0.39, 0.29) is 17.0 Å². The minimum absolute atomic E-state index is 0.0619. The predicted octanol–water partition coefficient (Wildman–Crippen LogP) is 1.98. The smallest absolute Gasteiger partial charge is 0.419 e. The summed E-state index contributed by atoms with van der Waals surface area (Å²) in [5.41, 5.74) is 9.36. The molecule has 1 unspecified atom stereocenters. The molecule has 4 N–H and O–H groups in total. The first-order chi connectivity index (χ1) is 9.16. The van der Waals surface area contributed by atoms with Crippen molar-refractivity contribution in [2.24, 2.45) is 11.5 Å². The Morgan fingerprint density at radius 1 is 1.40 bits per heavy atom. The maximum Gasteiger partial charge on any atom is 0.419 e. The Labute approximate surface area is 118 Å². The lowest BCUT2D eigenvalue weighted by Crippen LogP contribution is -2.33. The van der Waals surface area contributed by atoms with Crippen molar-refractivity contribution in [2.45, 2.75) is 25.6 Å². The number of ether oxygens (including phenoxy) is 1. The molecule has 0 radical (unpaired) electrons. The van der Waals surface area contributed by atoms with Gasteiger partial charge in [0.25, 0.3) is 5.91 Å². The molecule has 0 fully saturated rings. The van der Waals surface area contributed by atoms with Gasteiger partial charge in [-0.25, -0.2) is 0 Å². The number of benzene rings is 1. The summed E-state index contributed by atoms with van der Waals surface area (Å²) in [5, 5.41) is 0. The SMILES string of the molecule is CCC(Oc1ccc(C(N)=S)cc1C(F)(F)F)C(N)=O. The molecule has 1 amide bonds. The molecule has 1 aromatic rings. The number of carbonyl (C=O) groups excluding carboxylic acids is 1. The van der Waals surface area contributed by atoms with E-state index in [1.165, 1.54) is 6.07 Å². The molecule has 0 bridgehead atoms. The van der Waals surface area contributed by atoms with Crippen molar-refractivity contribution in [1.82, 2.24) is 0 Å². The van der Waals surface area contributed by atoms with Gasteiger partial charge in [0.2, 0.25) is 0 Å². The van der Waals surface area contributed by atoms with Gasteiger partial charge in [0.1, 0.15) is 10.7 Å². The fraction of sp³-hybridized carbons (Fsp3) is 0.333. The van der Waals surface area contributed by atoms with E-state index in [0.717, 1.165) is 12.1 Å². The quantitative estimate of drug-likeness (QED) is 0.815. The van der Waals surface area contributed by atoms with Crippen molar-refractivity contribution in [3.8, 4) is 5.75 Å². The van der Waals surface area contributed by atoms with E-state index < -0.39 is 29.5 Å². The fourth-order valence-electron chi connectivity index (χ4n) is 1.50. The molecule has 0 saturated carbocycles. The summed E-state index contributed by atoms with van der Waals surface area (Å²) in [5.74, 6) is -1.32. The number of rotatable bonds is 5. The summed E-state index contributed by atoms with van der Waals surface area (Å²) in [6, 6.07) is 3.15. The highest BCUT2D eigenvalue weighted by Crippen LogP contribution is 2.37. The maximum absolute atomic E-state index is 13.0. The van der Waals surface area contributed by atoms with Crippen LogP contribution in [-0.4, -0.2) is 17.0 Å². The first-order valence-corrected chi connectivity index (χ1v) is 6.04. The van der Waals surface area contributed by atoms with Crippen LogP contribution in [0.1, 0.15) is 24.5 Å². The molecule has 0 spiro atoms. The summed E-state index contributed by atoms with van der Waals surface area (Å²) < 4.78 is 43.9. The number of halogens is 3. The van der Waals surface area contributed by atoms with E-state index in [1.54, 1.807) is 6.92 Å². The highest BCUT2D eigenvalue weighted by atomic mass is 32.1. The van der Waals surface area contributed by atoms with E-state index >= 15 is 0 Å². The van der Waals surface area contributed by atoms with Crippen LogP contribution in [0.15, 0.2) is 18.2 Å². The van der Waals surface area contributed by atoms with Crippen LogP contribution in [0, 0.1) is 0 Å². The zero-order chi connectivity index (χ0) is 15.5. The van der Waals surface area contributed by atoms with Crippen molar-refractivity contribution in [3.05, 3.63) is 29.3 Å². The van der Waals surface area contributed by atoms with Crippen LogP contribution in [0.3, 0.4) is 0 Å². The Morgan fingerprint density at radius 3 is 2.40 bits per heavy atom. The average Bonchev–Trinajstić information content (AvgIpc) is 2.34. The molecule has 1 atom stereocenters. The molecule has 0 aliphatic heterocycles. The molecule has 0 aromatic heterocycles. The number of carbonyl (C=O) groups is 1. The largest absolute Gasteiger partial charge is 0.480 e. The normalized spacial score (nSPS) is 12.8. The second kappa shape index (κ2) is 6.08. The van der Waals surface area contributed by atoms with Gasteiger partial charge in [-0.2, -0.15) is 13.2 Å². The number of alkyl halides is 3. The van der Waals surface area contributed by atoms with Gasteiger partial charge in [0.15, 0.2) is 6.10 Å². The molecule has 0 aliphatic rings. The Morgan fingerprint density at radius 2 is 2.00 bits per heavy atom. The van der Waals surface area contributed by atoms with Gasteiger partial charge in [0, 0.05) is 5.56 Å². The fourth-order valence-corrected chi connectivity index (χ4v) is 1.63. The zero-order valence-corrected chi connectivity index (χ0v) is 11.3. The predicted molar refractivity (Wildman–Crippen MR) is 71.2 cm³/mol. The standard InChI is InChI=1S/C12H13F3N2O2S/c1-2-8(10(16)18)19-9-4-3-6(11(17)20)5-7(9)12(13,14)15/h3-5,8H,2H2,1H3,(H2,16,18)(H2,17,20). The Hall–Kier alpha value is -1.83. The van der Waals surface area contributed by atoms with E-state index in [2.05, 4.69) is 12.2 Å². The Balaban J connectivity index is 3.25. The number of hydrogen-bond donors (Lipinski definition) is 2. The molecule has 20 heavy (non-hydrogen) atoms.